The molecule has 0 saturated heterocycles. The smallest absolute Gasteiger partial charge is 0.308 e. The topological polar surface area (TPSA) is 102 Å². The maximum atomic E-state index is 13.8. The number of ether oxygens (including phenoxy) is 2. The van der Waals surface area contributed by atoms with E-state index in [1.54, 1.807) is 26.8 Å². The summed E-state index contributed by atoms with van der Waals surface area (Å²) in [5.74, 6) is -0.383. The minimum Gasteiger partial charge on any atom is -0.492 e. The number of aryl methyl sites for hydroxylation is 2. The fourth-order valence-electron chi connectivity index (χ4n) is 5.10. The molecule has 0 aliphatic heterocycles. The molecule has 1 atom stereocenters. The number of hydrogen-bond donors (Lipinski definition) is 1. The molecule has 1 amide bonds. The second kappa shape index (κ2) is 14.9. The molecule has 236 valence electrons. The van der Waals surface area contributed by atoms with Gasteiger partial charge in [-0.3, -0.25) is 9.59 Å². The van der Waals surface area contributed by atoms with Crippen LogP contribution in [-0.4, -0.2) is 55.9 Å². The lowest BCUT2D eigenvalue weighted by atomic mass is 10.0. The third-order valence-corrected chi connectivity index (χ3v) is 9.86. The monoisotopic (exact) mass is 704 g/mol. The lowest BCUT2D eigenvalue weighted by Crippen LogP contribution is -2.47. The summed E-state index contributed by atoms with van der Waals surface area (Å²) in [6.07, 6.45) is 3.42. The molecule has 1 aliphatic rings. The van der Waals surface area contributed by atoms with Gasteiger partial charge in [-0.1, -0.05) is 63.9 Å². The number of halogens is 2. The first-order chi connectivity index (χ1) is 20.8. The number of amides is 1. The fraction of sp³-hybridized carbons (Fsp3) is 0.394. The summed E-state index contributed by atoms with van der Waals surface area (Å²) in [4.78, 5) is 26.0. The van der Waals surface area contributed by atoms with Crippen LogP contribution in [0, 0.1) is 0 Å². The summed E-state index contributed by atoms with van der Waals surface area (Å²) >= 11 is 9.65. The molecule has 0 saturated carbocycles. The molecule has 1 unspecified atom stereocenters. The van der Waals surface area contributed by atoms with Crippen molar-refractivity contribution in [1.29, 1.82) is 0 Å². The molecule has 4 rings (SSSR count). The summed E-state index contributed by atoms with van der Waals surface area (Å²) < 4.78 is 40.8. The molecule has 1 N–H and O–H groups in total. The van der Waals surface area contributed by atoms with E-state index in [0.717, 1.165) is 29.1 Å². The molecule has 3 aromatic rings. The molecule has 3 aromatic carbocycles. The van der Waals surface area contributed by atoms with Crippen molar-refractivity contribution in [2.75, 3.05) is 19.7 Å². The highest BCUT2D eigenvalue weighted by molar-refractivity contribution is 9.10. The molecule has 0 bridgehead atoms. The largest absolute Gasteiger partial charge is 0.492 e. The quantitative estimate of drug-likeness (QED) is 0.215. The van der Waals surface area contributed by atoms with Crippen LogP contribution in [-0.2, 0) is 43.6 Å². The lowest BCUT2D eigenvalue weighted by molar-refractivity contribution is -0.155. The van der Waals surface area contributed by atoms with Crippen LogP contribution in [0.5, 0.6) is 5.75 Å². The van der Waals surface area contributed by atoms with Crippen LogP contribution >= 0.6 is 27.5 Å². The van der Waals surface area contributed by atoms with Gasteiger partial charge in [-0.2, -0.15) is 4.31 Å². The molecule has 0 spiro atoms. The molecule has 0 radical (unpaired) electrons. The molecular weight excluding hydrogens is 668 g/mol. The number of esters is 1. The van der Waals surface area contributed by atoms with Gasteiger partial charge in [0.2, 0.25) is 15.9 Å². The summed E-state index contributed by atoms with van der Waals surface area (Å²) in [6.45, 7) is 4.74. The van der Waals surface area contributed by atoms with Gasteiger partial charge in [0.05, 0.1) is 18.0 Å². The van der Waals surface area contributed by atoms with Gasteiger partial charge in [-0.05, 0) is 93.5 Å². The van der Waals surface area contributed by atoms with Crippen molar-refractivity contribution >= 4 is 49.4 Å². The van der Waals surface area contributed by atoms with E-state index in [9.17, 15) is 18.0 Å². The van der Waals surface area contributed by atoms with Crippen molar-refractivity contribution in [2.45, 2.75) is 69.4 Å². The summed E-state index contributed by atoms with van der Waals surface area (Å²) in [7, 11) is -4.20. The van der Waals surface area contributed by atoms with E-state index < -0.39 is 40.1 Å². The van der Waals surface area contributed by atoms with Gasteiger partial charge >= 0.3 is 5.97 Å². The average Bonchev–Trinajstić information content (AvgIpc) is 3.40. The molecule has 8 nitrogen and oxygen atoms in total. The van der Waals surface area contributed by atoms with E-state index >= 15 is 0 Å². The number of fused-ring (bicyclic) bond motifs is 1. The molecule has 0 fully saturated rings. The molecule has 11 heteroatoms. The molecular formula is C33H38BrClN2O6S. The van der Waals surface area contributed by atoms with Crippen molar-refractivity contribution in [3.05, 3.63) is 92.9 Å². The predicted molar refractivity (Wildman–Crippen MR) is 174 cm³/mol. The first-order valence-corrected chi connectivity index (χ1v) is 17.2. The SMILES string of the molecule is CC(C)(C)OC(=O)CC(Cc1ccccc1)NC(=O)CN(CCOc1ccc2c(c1)CCC2)S(=O)(=O)c1ccc(Br)cc1Cl. The van der Waals surface area contributed by atoms with Crippen LogP contribution in [0.4, 0.5) is 0 Å². The van der Waals surface area contributed by atoms with Crippen LogP contribution in [0.1, 0.15) is 50.3 Å². The number of benzene rings is 3. The van der Waals surface area contributed by atoms with E-state index in [1.807, 2.05) is 48.5 Å². The number of nitrogens with zero attached hydrogens (tertiary/aromatic N) is 1. The second-order valence-electron chi connectivity index (χ2n) is 11.8. The van der Waals surface area contributed by atoms with Gasteiger partial charge in [0.1, 0.15) is 22.9 Å². The zero-order valence-corrected chi connectivity index (χ0v) is 28.3. The predicted octanol–water partition coefficient (Wildman–Crippen LogP) is 6.12. The minimum atomic E-state index is -4.20. The number of sulfonamides is 1. The van der Waals surface area contributed by atoms with Gasteiger partial charge in [0, 0.05) is 17.1 Å². The Bertz CT molecular complexity index is 1580. The Morgan fingerprint density at radius 3 is 2.45 bits per heavy atom. The first-order valence-electron chi connectivity index (χ1n) is 14.5. The van der Waals surface area contributed by atoms with Crippen molar-refractivity contribution in [1.82, 2.24) is 9.62 Å². The Morgan fingerprint density at radius 2 is 1.75 bits per heavy atom. The van der Waals surface area contributed by atoms with Crippen molar-refractivity contribution in [3.63, 3.8) is 0 Å². The number of hydrogen-bond acceptors (Lipinski definition) is 6. The number of carbonyl (C=O) groups is 2. The second-order valence-corrected chi connectivity index (χ2v) is 15.0. The Labute approximate surface area is 273 Å². The highest BCUT2D eigenvalue weighted by Crippen LogP contribution is 2.29. The zero-order chi connectivity index (χ0) is 31.9. The van der Waals surface area contributed by atoms with Gasteiger partial charge in [0.25, 0.3) is 0 Å². The standard InChI is InChI=1S/C33H38BrClN2O6S/c1-33(2,3)43-32(39)21-27(18-23-8-5-4-6-9-23)36-31(38)22-37(44(40,41)30-15-13-26(34)20-29(30)35)16-17-42-28-14-12-24-10-7-11-25(24)19-28/h4-6,8-9,12-15,19-20,27H,7,10-11,16-18,21-22H2,1-3H3,(H,36,38). The van der Waals surface area contributed by atoms with Crippen LogP contribution in [0.25, 0.3) is 0 Å². The number of rotatable bonds is 13. The molecule has 44 heavy (non-hydrogen) atoms. The van der Waals surface area contributed by atoms with E-state index in [-0.39, 0.29) is 29.5 Å². The maximum absolute atomic E-state index is 13.8. The van der Waals surface area contributed by atoms with E-state index in [0.29, 0.717) is 16.6 Å². The van der Waals surface area contributed by atoms with E-state index in [1.165, 1.54) is 23.3 Å². The normalized spacial score (nSPS) is 13.8. The Morgan fingerprint density at radius 1 is 1.02 bits per heavy atom. The molecule has 0 aromatic heterocycles. The fourth-order valence-corrected chi connectivity index (χ4v) is 7.49. The first kappa shape index (κ1) is 34.0. The Balaban J connectivity index is 1.52. The van der Waals surface area contributed by atoms with Crippen molar-refractivity contribution in [2.24, 2.45) is 0 Å². The Kier molecular flexibility index (Phi) is 11.5. The lowest BCUT2D eigenvalue weighted by Gasteiger charge is -2.25. The van der Waals surface area contributed by atoms with E-state index in [4.69, 9.17) is 21.1 Å². The van der Waals surface area contributed by atoms with Crippen molar-refractivity contribution in [3.8, 4) is 5.75 Å². The van der Waals surface area contributed by atoms with Gasteiger partial charge < -0.3 is 14.8 Å². The summed E-state index contributed by atoms with van der Waals surface area (Å²) in [5, 5.41) is 2.89. The highest BCUT2D eigenvalue weighted by atomic mass is 79.9. The zero-order valence-electron chi connectivity index (χ0n) is 25.1. The van der Waals surface area contributed by atoms with Crippen LogP contribution < -0.4 is 10.1 Å². The van der Waals surface area contributed by atoms with Gasteiger partial charge in [-0.15, -0.1) is 0 Å². The van der Waals surface area contributed by atoms with Crippen molar-refractivity contribution < 1.29 is 27.5 Å². The third-order valence-electron chi connectivity index (χ3n) is 7.03. The minimum absolute atomic E-state index is 0.0186. The highest BCUT2D eigenvalue weighted by Gasteiger charge is 2.30. The van der Waals surface area contributed by atoms with E-state index in [2.05, 4.69) is 21.2 Å². The molecule has 1 aliphatic carbocycles. The maximum Gasteiger partial charge on any atom is 0.308 e. The number of carbonyl (C=O) groups excluding carboxylic acids is 2. The third kappa shape index (κ3) is 9.79. The van der Waals surface area contributed by atoms with Crippen LogP contribution in [0.3, 0.4) is 0 Å². The Hall–Kier alpha value is -2.92. The van der Waals surface area contributed by atoms with Gasteiger partial charge in [0.15, 0.2) is 0 Å². The summed E-state index contributed by atoms with van der Waals surface area (Å²) in [6, 6.07) is 19.2. The van der Waals surface area contributed by atoms with Gasteiger partial charge in [-0.25, -0.2) is 8.42 Å². The van der Waals surface area contributed by atoms with Crippen LogP contribution in [0.15, 0.2) is 76.1 Å². The summed E-state index contributed by atoms with van der Waals surface area (Å²) in [5.41, 5.74) is 2.77. The average molecular weight is 706 g/mol. The number of nitrogens with one attached hydrogen (secondary N) is 1. The molecule has 0 heterocycles. The van der Waals surface area contributed by atoms with Crippen LogP contribution in [0.2, 0.25) is 5.02 Å².